The molecular formula is C24H19N3O3. The van der Waals surface area contributed by atoms with Gasteiger partial charge < -0.3 is 14.5 Å². The van der Waals surface area contributed by atoms with Crippen LogP contribution in [-0.2, 0) is 17.7 Å². The lowest BCUT2D eigenvalue weighted by molar-refractivity contribution is 0.0252. The molecule has 1 atom stereocenters. The number of carbonyl (C=O) groups is 2. The normalized spacial score (nSPS) is 15.5. The van der Waals surface area contributed by atoms with Crippen LogP contribution in [0.15, 0.2) is 79.1 Å². The van der Waals surface area contributed by atoms with Crippen molar-refractivity contribution in [3.63, 3.8) is 0 Å². The molecule has 4 aromatic rings. The van der Waals surface area contributed by atoms with Crippen LogP contribution in [0.2, 0.25) is 0 Å². The number of nitrogens with one attached hydrogen (secondary N) is 1. The van der Waals surface area contributed by atoms with E-state index in [-0.39, 0.29) is 18.0 Å². The van der Waals surface area contributed by atoms with Gasteiger partial charge in [0.05, 0.1) is 17.8 Å². The first-order valence-electron chi connectivity index (χ1n) is 9.77. The molecule has 2 aromatic carbocycles. The van der Waals surface area contributed by atoms with Crippen molar-refractivity contribution in [1.82, 2.24) is 14.7 Å². The summed E-state index contributed by atoms with van der Waals surface area (Å²) in [7, 11) is 0. The van der Waals surface area contributed by atoms with E-state index < -0.39 is 0 Å². The molecule has 1 aliphatic heterocycles. The molecule has 0 bridgehead atoms. The first kappa shape index (κ1) is 18.1. The summed E-state index contributed by atoms with van der Waals surface area (Å²) in [4.78, 5) is 29.6. The van der Waals surface area contributed by atoms with Gasteiger partial charge in [-0.25, -0.2) is 9.78 Å². The van der Waals surface area contributed by atoms with Crippen LogP contribution >= 0.6 is 0 Å². The first-order chi connectivity index (χ1) is 14.7. The Hall–Kier alpha value is -3.93. The van der Waals surface area contributed by atoms with E-state index in [9.17, 15) is 9.59 Å². The molecule has 5 rings (SSSR count). The zero-order valence-corrected chi connectivity index (χ0v) is 16.1. The van der Waals surface area contributed by atoms with Gasteiger partial charge in [0.25, 0.3) is 5.91 Å². The molecule has 3 heterocycles. The highest BCUT2D eigenvalue weighted by Crippen LogP contribution is 2.31. The summed E-state index contributed by atoms with van der Waals surface area (Å²) in [6.45, 7) is 0.326. The van der Waals surface area contributed by atoms with Crippen molar-refractivity contribution in [2.75, 3.05) is 0 Å². The molecule has 30 heavy (non-hydrogen) atoms. The van der Waals surface area contributed by atoms with Crippen LogP contribution in [0, 0.1) is 0 Å². The van der Waals surface area contributed by atoms with Gasteiger partial charge in [-0.3, -0.25) is 4.79 Å². The van der Waals surface area contributed by atoms with Gasteiger partial charge in [0.2, 0.25) is 0 Å². The second-order valence-corrected chi connectivity index (χ2v) is 7.26. The minimum atomic E-state index is -0.359. The molecule has 6 heteroatoms. The predicted octanol–water partition coefficient (Wildman–Crippen LogP) is 3.72. The highest BCUT2D eigenvalue weighted by molar-refractivity contribution is 5.97. The fourth-order valence-corrected chi connectivity index (χ4v) is 3.74. The Bertz CT molecular complexity index is 1210. The van der Waals surface area contributed by atoms with Crippen molar-refractivity contribution < 1.29 is 14.3 Å². The van der Waals surface area contributed by atoms with Gasteiger partial charge in [-0.05, 0) is 41.5 Å². The number of rotatable bonds is 4. The van der Waals surface area contributed by atoms with Gasteiger partial charge in [0.15, 0.2) is 0 Å². The molecule has 0 saturated heterocycles. The summed E-state index contributed by atoms with van der Waals surface area (Å²) < 4.78 is 7.50. The Balaban J connectivity index is 1.33. The molecule has 0 spiro atoms. The quantitative estimate of drug-likeness (QED) is 0.533. The van der Waals surface area contributed by atoms with E-state index >= 15 is 0 Å². The third-order valence-electron chi connectivity index (χ3n) is 5.26. The van der Waals surface area contributed by atoms with Crippen molar-refractivity contribution >= 4 is 17.5 Å². The van der Waals surface area contributed by atoms with Gasteiger partial charge in [0, 0.05) is 24.4 Å². The largest absolute Gasteiger partial charge is 0.454 e. The van der Waals surface area contributed by atoms with Crippen LogP contribution in [-0.4, -0.2) is 21.3 Å². The highest BCUT2D eigenvalue weighted by atomic mass is 16.5. The minimum Gasteiger partial charge on any atom is -0.454 e. The zero-order chi connectivity index (χ0) is 20.5. The predicted molar refractivity (Wildman–Crippen MR) is 111 cm³/mol. The molecule has 0 radical (unpaired) electrons. The maximum Gasteiger partial charge on any atom is 0.339 e. The molecule has 0 aliphatic carbocycles. The third-order valence-corrected chi connectivity index (χ3v) is 5.26. The molecule has 0 saturated carbocycles. The third kappa shape index (κ3) is 3.43. The fraction of sp³-hybridized carbons (Fsp3) is 0.125. The van der Waals surface area contributed by atoms with Gasteiger partial charge >= 0.3 is 5.97 Å². The number of benzene rings is 2. The van der Waals surface area contributed by atoms with E-state index in [1.54, 1.807) is 18.2 Å². The average Bonchev–Trinajstić information content (AvgIpc) is 3.20. The Labute approximate surface area is 173 Å². The number of cyclic esters (lactones) is 1. The number of hydrogen-bond acceptors (Lipinski definition) is 4. The van der Waals surface area contributed by atoms with Gasteiger partial charge in [0.1, 0.15) is 11.8 Å². The van der Waals surface area contributed by atoms with E-state index in [2.05, 4.69) is 10.3 Å². The Kier molecular flexibility index (Phi) is 4.52. The van der Waals surface area contributed by atoms with Crippen LogP contribution in [0.25, 0.3) is 5.65 Å². The van der Waals surface area contributed by atoms with E-state index in [4.69, 9.17) is 4.74 Å². The summed E-state index contributed by atoms with van der Waals surface area (Å²) in [6.07, 6.45) is 4.00. The number of hydrogen-bond donors (Lipinski definition) is 1. The van der Waals surface area contributed by atoms with Crippen LogP contribution in [0.5, 0.6) is 0 Å². The topological polar surface area (TPSA) is 72.7 Å². The molecule has 1 aliphatic rings. The van der Waals surface area contributed by atoms with Crippen molar-refractivity contribution in [3.8, 4) is 0 Å². The smallest absolute Gasteiger partial charge is 0.339 e. The molecular weight excluding hydrogens is 378 g/mol. The SMILES string of the molecule is O=C(NCc1cn2ccccc2n1)c1ccc2c(c1)C[C@@H](c1ccccc1)OC2=O. The number of nitrogens with zero attached hydrogens (tertiary/aromatic N) is 2. The number of imidazole rings is 1. The van der Waals surface area contributed by atoms with Gasteiger partial charge in [-0.1, -0.05) is 36.4 Å². The Morgan fingerprint density at radius 3 is 2.77 bits per heavy atom. The molecule has 1 amide bonds. The second kappa shape index (κ2) is 7.48. The van der Waals surface area contributed by atoms with E-state index in [1.807, 2.05) is 65.3 Å². The van der Waals surface area contributed by atoms with E-state index in [0.29, 0.717) is 24.1 Å². The second-order valence-electron chi connectivity index (χ2n) is 7.26. The van der Waals surface area contributed by atoms with Crippen LogP contribution in [0.1, 0.15) is 43.6 Å². The molecule has 148 valence electrons. The first-order valence-corrected chi connectivity index (χ1v) is 9.77. The number of fused-ring (bicyclic) bond motifs is 2. The van der Waals surface area contributed by atoms with Crippen molar-refractivity contribution in [2.45, 2.75) is 19.1 Å². The van der Waals surface area contributed by atoms with Crippen molar-refractivity contribution in [2.24, 2.45) is 0 Å². The molecule has 6 nitrogen and oxygen atoms in total. The minimum absolute atomic E-state index is 0.204. The average molecular weight is 397 g/mol. The molecule has 2 aromatic heterocycles. The van der Waals surface area contributed by atoms with E-state index in [0.717, 1.165) is 22.5 Å². The van der Waals surface area contributed by atoms with Gasteiger partial charge in [-0.15, -0.1) is 0 Å². The number of amides is 1. The number of esters is 1. The van der Waals surface area contributed by atoms with Crippen molar-refractivity contribution in [1.29, 1.82) is 0 Å². The number of pyridine rings is 1. The Morgan fingerprint density at radius 2 is 1.93 bits per heavy atom. The zero-order valence-electron chi connectivity index (χ0n) is 16.1. The van der Waals surface area contributed by atoms with Gasteiger partial charge in [-0.2, -0.15) is 0 Å². The standard InChI is InChI=1S/C24H19N3O3/c28-23(25-14-19-15-27-11-5-4-8-22(27)26-19)17-9-10-20-18(12-17)13-21(30-24(20)29)16-6-2-1-3-7-16/h1-12,15,21H,13-14H2,(H,25,28)/t21-/m0/s1. The maximum atomic E-state index is 12.7. The maximum absolute atomic E-state index is 12.7. The number of ether oxygens (including phenoxy) is 1. The number of aromatic nitrogens is 2. The lowest BCUT2D eigenvalue weighted by atomic mass is 9.93. The van der Waals surface area contributed by atoms with Crippen LogP contribution in [0.4, 0.5) is 0 Å². The molecule has 0 unspecified atom stereocenters. The monoisotopic (exact) mass is 397 g/mol. The summed E-state index contributed by atoms with van der Waals surface area (Å²) in [5.41, 5.74) is 4.40. The summed E-state index contributed by atoms with van der Waals surface area (Å²) in [6, 6.07) is 20.5. The van der Waals surface area contributed by atoms with E-state index in [1.165, 1.54) is 0 Å². The summed E-state index contributed by atoms with van der Waals surface area (Å²) >= 11 is 0. The van der Waals surface area contributed by atoms with Crippen LogP contribution < -0.4 is 5.32 Å². The summed E-state index contributed by atoms with van der Waals surface area (Å²) in [5, 5.41) is 2.91. The fourth-order valence-electron chi connectivity index (χ4n) is 3.74. The highest BCUT2D eigenvalue weighted by Gasteiger charge is 2.28. The Morgan fingerprint density at radius 1 is 1.10 bits per heavy atom. The lowest BCUT2D eigenvalue weighted by Gasteiger charge is -2.25. The van der Waals surface area contributed by atoms with Crippen LogP contribution in [0.3, 0.4) is 0 Å². The van der Waals surface area contributed by atoms with Crippen molar-refractivity contribution in [3.05, 3.63) is 107 Å². The molecule has 0 fully saturated rings. The number of carbonyl (C=O) groups excluding carboxylic acids is 2. The molecule has 1 N–H and O–H groups in total. The lowest BCUT2D eigenvalue weighted by Crippen LogP contribution is -2.25. The summed E-state index contributed by atoms with van der Waals surface area (Å²) in [5.74, 6) is -0.563.